The first kappa shape index (κ1) is 17.2. The molecule has 0 saturated carbocycles. The van der Waals surface area contributed by atoms with Crippen LogP contribution in [0.4, 0.5) is 0 Å². The normalized spacial score (nSPS) is 21.1. The third-order valence-corrected chi connectivity index (χ3v) is 4.65. The van der Waals surface area contributed by atoms with Gasteiger partial charge in [-0.2, -0.15) is 0 Å². The largest absolute Gasteiger partial charge is 0.462 e. The molecule has 10 heteroatoms. The number of fused-ring (bicyclic) bond motifs is 1. The highest BCUT2D eigenvalue weighted by Gasteiger charge is 2.41. The lowest BCUT2D eigenvalue weighted by Gasteiger charge is -2.33. The van der Waals surface area contributed by atoms with Crippen molar-refractivity contribution in [3.63, 3.8) is 0 Å². The zero-order valence-electron chi connectivity index (χ0n) is 11.4. The molecular weight excluding hydrogens is 364 g/mol. The van der Waals surface area contributed by atoms with Crippen LogP contribution < -0.4 is 10.6 Å². The first-order valence-corrected chi connectivity index (χ1v) is 8.25. The van der Waals surface area contributed by atoms with Gasteiger partial charge in [0.15, 0.2) is 10.2 Å². The fourth-order valence-corrected chi connectivity index (χ4v) is 3.40. The number of ether oxygens (including phenoxy) is 1. The molecule has 116 valence electrons. The SMILES string of the molecule is CC(C)NC(=S)NCC1(S)OC(S)=C(S)c2c1ncn2S. The van der Waals surface area contributed by atoms with Gasteiger partial charge in [0.1, 0.15) is 12.0 Å². The molecule has 0 aliphatic carbocycles. The van der Waals surface area contributed by atoms with E-state index in [1.165, 1.54) is 0 Å². The Morgan fingerprint density at radius 3 is 2.81 bits per heavy atom. The fraction of sp³-hybridized carbons (Fsp3) is 0.455. The van der Waals surface area contributed by atoms with Crippen molar-refractivity contribution in [2.24, 2.45) is 0 Å². The summed E-state index contributed by atoms with van der Waals surface area (Å²) in [7, 11) is 0. The molecule has 1 aromatic heterocycles. The summed E-state index contributed by atoms with van der Waals surface area (Å²) < 4.78 is 7.31. The van der Waals surface area contributed by atoms with E-state index in [0.29, 0.717) is 33.0 Å². The second kappa shape index (κ2) is 6.53. The van der Waals surface area contributed by atoms with Crippen molar-refractivity contribution >= 4 is 72.9 Å². The van der Waals surface area contributed by atoms with Crippen molar-refractivity contribution in [3.05, 3.63) is 22.8 Å². The van der Waals surface area contributed by atoms with E-state index in [-0.39, 0.29) is 6.04 Å². The van der Waals surface area contributed by atoms with Crippen LogP contribution in [0.25, 0.3) is 4.91 Å². The molecule has 0 amide bonds. The lowest BCUT2D eigenvalue weighted by molar-refractivity contribution is 0.101. The highest BCUT2D eigenvalue weighted by molar-refractivity contribution is 7.93. The minimum absolute atomic E-state index is 0.240. The molecule has 21 heavy (non-hydrogen) atoms. The molecule has 0 spiro atoms. The van der Waals surface area contributed by atoms with Crippen molar-refractivity contribution < 1.29 is 4.74 Å². The van der Waals surface area contributed by atoms with Gasteiger partial charge in [0.25, 0.3) is 0 Å². The van der Waals surface area contributed by atoms with Crippen LogP contribution in [0.15, 0.2) is 11.4 Å². The first-order valence-electron chi connectivity index (χ1n) is 6.10. The van der Waals surface area contributed by atoms with Gasteiger partial charge in [0.05, 0.1) is 17.1 Å². The molecule has 2 heterocycles. The van der Waals surface area contributed by atoms with Crippen LogP contribution in [0, 0.1) is 0 Å². The molecule has 1 aliphatic heterocycles. The summed E-state index contributed by atoms with van der Waals surface area (Å²) in [5, 5.41) is 7.05. The highest BCUT2D eigenvalue weighted by Crippen LogP contribution is 2.44. The number of rotatable bonds is 3. The Labute approximate surface area is 151 Å². The number of thiocarbonyl (C=S) groups is 1. The highest BCUT2D eigenvalue weighted by atomic mass is 32.1. The average molecular weight is 381 g/mol. The first-order chi connectivity index (χ1) is 9.74. The Morgan fingerprint density at radius 1 is 1.52 bits per heavy atom. The Hall–Kier alpha value is -0.160. The van der Waals surface area contributed by atoms with Gasteiger partial charge in [-0.3, -0.25) is 3.97 Å². The summed E-state index contributed by atoms with van der Waals surface area (Å²) >= 11 is 22.8. The average Bonchev–Trinajstić information content (AvgIpc) is 2.76. The second-order valence-corrected chi connectivity index (χ2v) is 7.22. The summed E-state index contributed by atoms with van der Waals surface area (Å²) in [4.78, 5) is 3.86. The zero-order chi connectivity index (χ0) is 15.8. The minimum Gasteiger partial charge on any atom is -0.462 e. The van der Waals surface area contributed by atoms with Gasteiger partial charge < -0.3 is 15.4 Å². The van der Waals surface area contributed by atoms with E-state index in [2.05, 4.69) is 66.3 Å². The Morgan fingerprint density at radius 2 is 2.19 bits per heavy atom. The van der Waals surface area contributed by atoms with E-state index in [1.807, 2.05) is 13.8 Å². The Bertz CT molecular complexity index is 599. The van der Waals surface area contributed by atoms with E-state index in [0.717, 1.165) is 0 Å². The van der Waals surface area contributed by atoms with Crippen molar-refractivity contribution in [1.29, 1.82) is 0 Å². The van der Waals surface area contributed by atoms with Gasteiger partial charge in [-0.15, -0.1) is 37.9 Å². The fourth-order valence-electron chi connectivity index (χ4n) is 1.84. The number of nitrogens with zero attached hydrogens (tertiary/aromatic N) is 2. The molecule has 0 radical (unpaired) electrons. The molecule has 0 fully saturated rings. The van der Waals surface area contributed by atoms with Gasteiger partial charge >= 0.3 is 0 Å². The third-order valence-electron chi connectivity index (χ3n) is 2.72. The lowest BCUT2D eigenvalue weighted by atomic mass is 10.1. The molecule has 1 atom stereocenters. The van der Waals surface area contributed by atoms with E-state index in [1.54, 1.807) is 10.3 Å². The molecule has 1 unspecified atom stereocenters. The topological polar surface area (TPSA) is 51.1 Å². The maximum Gasteiger partial charge on any atom is 0.214 e. The van der Waals surface area contributed by atoms with Crippen LogP contribution in [-0.2, 0) is 9.67 Å². The van der Waals surface area contributed by atoms with Crippen molar-refractivity contribution in [1.82, 2.24) is 19.6 Å². The molecule has 0 bridgehead atoms. The monoisotopic (exact) mass is 380 g/mol. The van der Waals surface area contributed by atoms with Gasteiger partial charge in [0, 0.05) is 6.04 Å². The summed E-state index contributed by atoms with van der Waals surface area (Å²) in [6, 6.07) is 0.240. The van der Waals surface area contributed by atoms with Crippen LogP contribution in [0.1, 0.15) is 25.2 Å². The summed E-state index contributed by atoms with van der Waals surface area (Å²) in [5.74, 6) is 0. The summed E-state index contributed by atoms with van der Waals surface area (Å²) in [6.07, 6.45) is 1.56. The van der Waals surface area contributed by atoms with Crippen molar-refractivity contribution in [3.8, 4) is 0 Å². The smallest absolute Gasteiger partial charge is 0.214 e. The van der Waals surface area contributed by atoms with Crippen LogP contribution in [0.2, 0.25) is 0 Å². The predicted molar refractivity (Wildman–Crippen MR) is 102 cm³/mol. The number of hydrogen-bond acceptors (Lipinski definition) is 7. The van der Waals surface area contributed by atoms with Gasteiger partial charge in [0.2, 0.25) is 4.93 Å². The quantitative estimate of drug-likeness (QED) is 0.358. The number of aromatic nitrogens is 2. The maximum atomic E-state index is 5.75. The lowest BCUT2D eigenvalue weighted by Crippen LogP contribution is -2.46. The number of nitrogens with one attached hydrogen (secondary N) is 2. The zero-order valence-corrected chi connectivity index (χ0v) is 15.8. The van der Waals surface area contributed by atoms with E-state index in [4.69, 9.17) is 17.0 Å². The standard InChI is InChI=1S/C11H16N4OS5/c1-5(2)14-10(19)12-3-11(20)8-6(15(21)4-13-8)7(17)9(18)16-11/h4-5,17-18,20-21H,3H2,1-2H3,(H2,12,14,19). The van der Waals surface area contributed by atoms with E-state index in [9.17, 15) is 0 Å². The molecule has 0 saturated heterocycles. The van der Waals surface area contributed by atoms with Gasteiger partial charge in [-0.1, -0.05) is 12.8 Å². The summed E-state index contributed by atoms with van der Waals surface area (Å²) in [5.41, 5.74) is 1.32. The molecular formula is C11H16N4OS5. The van der Waals surface area contributed by atoms with Crippen LogP contribution in [0.3, 0.4) is 0 Å². The molecule has 2 N–H and O–H groups in total. The van der Waals surface area contributed by atoms with Gasteiger partial charge in [-0.05, 0) is 26.1 Å². The molecule has 1 aromatic rings. The maximum absolute atomic E-state index is 5.75. The minimum atomic E-state index is -1.00. The van der Waals surface area contributed by atoms with E-state index < -0.39 is 4.93 Å². The molecule has 5 nitrogen and oxygen atoms in total. The number of thiol groups is 4. The van der Waals surface area contributed by atoms with Crippen molar-refractivity contribution in [2.75, 3.05) is 6.54 Å². The Balaban J connectivity index is 2.22. The number of hydrogen-bond donors (Lipinski definition) is 6. The predicted octanol–water partition coefficient (Wildman–Crippen LogP) is 2.05. The van der Waals surface area contributed by atoms with Crippen LogP contribution in [-0.4, -0.2) is 26.7 Å². The Kier molecular flexibility index (Phi) is 5.35. The number of imidazole rings is 1. The van der Waals surface area contributed by atoms with Crippen LogP contribution in [0.5, 0.6) is 0 Å². The molecule has 1 aliphatic rings. The van der Waals surface area contributed by atoms with Gasteiger partial charge in [-0.25, -0.2) is 4.98 Å². The second-order valence-electron chi connectivity index (χ2n) is 4.81. The van der Waals surface area contributed by atoms with Crippen LogP contribution >= 0.6 is 62.9 Å². The van der Waals surface area contributed by atoms with Crippen molar-refractivity contribution in [2.45, 2.75) is 24.8 Å². The van der Waals surface area contributed by atoms with E-state index >= 15 is 0 Å². The molecule has 2 rings (SSSR count). The summed E-state index contributed by atoms with van der Waals surface area (Å²) in [6.45, 7) is 4.32. The third kappa shape index (κ3) is 3.61. The molecule has 0 aromatic carbocycles.